The molecule has 7 heteroatoms. The predicted molar refractivity (Wildman–Crippen MR) is 115 cm³/mol. The Morgan fingerprint density at radius 1 is 1.28 bits per heavy atom. The summed E-state index contributed by atoms with van der Waals surface area (Å²) in [5, 5.41) is 10.3. The van der Waals surface area contributed by atoms with Gasteiger partial charge in [-0.25, -0.2) is 9.67 Å². The second kappa shape index (κ2) is 8.05. The molecule has 0 spiro atoms. The summed E-state index contributed by atoms with van der Waals surface area (Å²) in [6.45, 7) is 4.47. The zero-order valence-electron chi connectivity index (χ0n) is 16.5. The van der Waals surface area contributed by atoms with Crippen LogP contribution in [0.2, 0.25) is 0 Å². The quantitative estimate of drug-likeness (QED) is 0.517. The Bertz CT molecular complexity index is 1150. The van der Waals surface area contributed by atoms with Crippen molar-refractivity contribution < 1.29 is 9.53 Å². The molecule has 0 bridgehead atoms. The third kappa shape index (κ3) is 3.86. The molecule has 0 fully saturated rings. The van der Waals surface area contributed by atoms with Crippen LogP contribution in [0, 0.1) is 6.92 Å². The van der Waals surface area contributed by atoms with Crippen LogP contribution in [0.4, 0.5) is 0 Å². The number of methoxy groups -OCH3 is 1. The second-order valence-corrected chi connectivity index (χ2v) is 7.90. The minimum atomic E-state index is -0.205. The maximum atomic E-state index is 13.1. The Labute approximate surface area is 173 Å². The highest BCUT2D eigenvalue weighted by Crippen LogP contribution is 2.26. The first-order chi connectivity index (χ1) is 14.1. The molecule has 0 radical (unpaired) electrons. The van der Waals surface area contributed by atoms with E-state index in [1.165, 1.54) is 4.88 Å². The van der Waals surface area contributed by atoms with E-state index in [1.807, 2.05) is 60.3 Å². The molecule has 6 nitrogen and oxygen atoms in total. The van der Waals surface area contributed by atoms with Gasteiger partial charge >= 0.3 is 0 Å². The van der Waals surface area contributed by atoms with Gasteiger partial charge in [-0.3, -0.25) is 4.79 Å². The number of thiophene rings is 1. The Morgan fingerprint density at radius 3 is 2.86 bits per heavy atom. The molecule has 148 valence electrons. The van der Waals surface area contributed by atoms with E-state index in [9.17, 15) is 4.79 Å². The van der Waals surface area contributed by atoms with E-state index >= 15 is 0 Å². The number of para-hydroxylation sites is 1. The van der Waals surface area contributed by atoms with E-state index in [0.717, 1.165) is 22.4 Å². The summed E-state index contributed by atoms with van der Waals surface area (Å²) in [6.07, 6.45) is 1.72. The summed E-state index contributed by atoms with van der Waals surface area (Å²) in [5.74, 6) is 0.592. The fourth-order valence-electron chi connectivity index (χ4n) is 3.40. The number of carbonyl (C=O) groups is 1. The average molecular weight is 407 g/mol. The second-order valence-electron chi connectivity index (χ2n) is 6.87. The highest BCUT2D eigenvalue weighted by molar-refractivity contribution is 7.09. The van der Waals surface area contributed by atoms with Gasteiger partial charge in [-0.05, 0) is 37.4 Å². The molecule has 1 N–H and O–H groups in total. The number of rotatable bonds is 6. The average Bonchev–Trinajstić information content (AvgIpc) is 3.38. The van der Waals surface area contributed by atoms with Gasteiger partial charge < -0.3 is 10.1 Å². The third-order valence-electron chi connectivity index (χ3n) is 4.82. The van der Waals surface area contributed by atoms with Gasteiger partial charge in [0.2, 0.25) is 0 Å². The molecule has 3 aromatic heterocycles. The molecule has 0 aliphatic rings. The summed E-state index contributed by atoms with van der Waals surface area (Å²) < 4.78 is 7.26. The van der Waals surface area contributed by atoms with Crippen molar-refractivity contribution in [3.8, 4) is 5.75 Å². The van der Waals surface area contributed by atoms with Gasteiger partial charge in [-0.2, -0.15) is 5.10 Å². The summed E-state index contributed by atoms with van der Waals surface area (Å²) in [4.78, 5) is 18.9. The van der Waals surface area contributed by atoms with Crippen LogP contribution in [0.1, 0.15) is 39.5 Å². The fraction of sp³-hybridized carbons (Fsp3) is 0.227. The van der Waals surface area contributed by atoms with E-state index in [4.69, 9.17) is 4.74 Å². The van der Waals surface area contributed by atoms with Gasteiger partial charge in [0.05, 0.1) is 36.8 Å². The lowest BCUT2D eigenvalue weighted by molar-refractivity contribution is 0.0941. The Balaban J connectivity index is 1.64. The summed E-state index contributed by atoms with van der Waals surface area (Å²) in [7, 11) is 1.63. The molecule has 0 aliphatic heterocycles. The van der Waals surface area contributed by atoms with Gasteiger partial charge in [-0.1, -0.05) is 24.3 Å². The van der Waals surface area contributed by atoms with Crippen molar-refractivity contribution in [1.82, 2.24) is 20.1 Å². The number of ether oxygens (including phenoxy) is 1. The monoisotopic (exact) mass is 406 g/mol. The van der Waals surface area contributed by atoms with Crippen molar-refractivity contribution in [2.24, 2.45) is 0 Å². The number of benzene rings is 1. The first-order valence-corrected chi connectivity index (χ1v) is 10.2. The molecular formula is C22H22N4O2S. The van der Waals surface area contributed by atoms with E-state index in [-0.39, 0.29) is 11.9 Å². The van der Waals surface area contributed by atoms with Crippen molar-refractivity contribution in [3.05, 3.63) is 75.7 Å². The van der Waals surface area contributed by atoms with Gasteiger partial charge in [0.1, 0.15) is 5.75 Å². The predicted octanol–water partition coefficient (Wildman–Crippen LogP) is 4.35. The minimum absolute atomic E-state index is 0.158. The molecular weight excluding hydrogens is 384 g/mol. The van der Waals surface area contributed by atoms with Crippen LogP contribution in [0.3, 0.4) is 0 Å². The van der Waals surface area contributed by atoms with Gasteiger partial charge in [-0.15, -0.1) is 11.3 Å². The number of nitrogens with zero attached hydrogens (tertiary/aromatic N) is 3. The number of aryl methyl sites for hydroxylation is 1. The SMILES string of the molecule is COc1ccccc1C(C)NC(=O)c1cc(C)nc2c1cnn2Cc1cccs1. The zero-order chi connectivity index (χ0) is 20.4. The molecule has 0 saturated carbocycles. The number of nitrogens with one attached hydrogen (secondary N) is 1. The van der Waals surface area contributed by atoms with Crippen LogP contribution >= 0.6 is 11.3 Å². The lowest BCUT2D eigenvalue weighted by atomic mass is 10.1. The molecule has 0 aliphatic carbocycles. The Kier molecular flexibility index (Phi) is 5.31. The van der Waals surface area contributed by atoms with Crippen LogP contribution < -0.4 is 10.1 Å². The highest BCUT2D eigenvalue weighted by atomic mass is 32.1. The molecule has 3 heterocycles. The van der Waals surface area contributed by atoms with Crippen LogP contribution in [-0.2, 0) is 6.54 Å². The topological polar surface area (TPSA) is 69.0 Å². The van der Waals surface area contributed by atoms with Gasteiger partial charge in [0.25, 0.3) is 5.91 Å². The smallest absolute Gasteiger partial charge is 0.252 e. The normalized spacial score (nSPS) is 12.1. The van der Waals surface area contributed by atoms with E-state index in [0.29, 0.717) is 17.8 Å². The van der Waals surface area contributed by atoms with Crippen molar-refractivity contribution in [1.29, 1.82) is 0 Å². The molecule has 0 saturated heterocycles. The molecule has 1 amide bonds. The van der Waals surface area contributed by atoms with Crippen LogP contribution in [0.25, 0.3) is 11.0 Å². The number of hydrogen-bond acceptors (Lipinski definition) is 5. The van der Waals surface area contributed by atoms with Crippen LogP contribution in [0.15, 0.2) is 54.0 Å². The van der Waals surface area contributed by atoms with Crippen molar-refractivity contribution in [2.75, 3.05) is 7.11 Å². The molecule has 29 heavy (non-hydrogen) atoms. The van der Waals surface area contributed by atoms with Crippen molar-refractivity contribution >= 4 is 28.3 Å². The minimum Gasteiger partial charge on any atom is -0.496 e. The summed E-state index contributed by atoms with van der Waals surface area (Å²) in [5.41, 5.74) is 3.00. The van der Waals surface area contributed by atoms with E-state index < -0.39 is 0 Å². The number of fused-ring (bicyclic) bond motifs is 1. The van der Waals surface area contributed by atoms with Crippen molar-refractivity contribution in [2.45, 2.75) is 26.4 Å². The first kappa shape index (κ1) is 19.1. The molecule has 4 aromatic rings. The van der Waals surface area contributed by atoms with Crippen LogP contribution in [0.5, 0.6) is 5.75 Å². The number of pyridine rings is 1. The number of carbonyl (C=O) groups excluding carboxylic acids is 1. The number of aromatic nitrogens is 3. The summed E-state index contributed by atoms with van der Waals surface area (Å²) in [6, 6.07) is 13.4. The number of amides is 1. The zero-order valence-corrected chi connectivity index (χ0v) is 17.4. The number of hydrogen-bond donors (Lipinski definition) is 1. The van der Waals surface area contributed by atoms with Gasteiger partial charge in [0.15, 0.2) is 5.65 Å². The molecule has 4 rings (SSSR count). The standard InChI is InChI=1S/C22H22N4O2S/c1-14-11-18(22(27)25-15(2)17-8-4-5-9-20(17)28-3)19-12-23-26(21(19)24-14)13-16-7-6-10-29-16/h4-12,15H,13H2,1-3H3,(H,25,27). The Morgan fingerprint density at radius 2 is 2.10 bits per heavy atom. The van der Waals surface area contributed by atoms with Crippen LogP contribution in [-0.4, -0.2) is 27.8 Å². The lowest BCUT2D eigenvalue weighted by Gasteiger charge is -2.17. The maximum Gasteiger partial charge on any atom is 0.252 e. The van der Waals surface area contributed by atoms with Gasteiger partial charge in [0, 0.05) is 16.1 Å². The summed E-state index contributed by atoms with van der Waals surface area (Å²) >= 11 is 1.67. The first-order valence-electron chi connectivity index (χ1n) is 9.36. The highest BCUT2D eigenvalue weighted by Gasteiger charge is 2.19. The molecule has 1 unspecified atom stereocenters. The third-order valence-corrected chi connectivity index (χ3v) is 5.68. The lowest BCUT2D eigenvalue weighted by Crippen LogP contribution is -2.27. The largest absolute Gasteiger partial charge is 0.496 e. The maximum absolute atomic E-state index is 13.1. The fourth-order valence-corrected chi connectivity index (χ4v) is 4.09. The van der Waals surface area contributed by atoms with E-state index in [2.05, 4.69) is 21.5 Å². The van der Waals surface area contributed by atoms with Crippen molar-refractivity contribution in [3.63, 3.8) is 0 Å². The molecule has 1 aromatic carbocycles. The molecule has 1 atom stereocenters. The van der Waals surface area contributed by atoms with E-state index in [1.54, 1.807) is 24.6 Å². The Hall–Kier alpha value is -3.19.